The predicted octanol–water partition coefficient (Wildman–Crippen LogP) is 1.80. The fourth-order valence-electron chi connectivity index (χ4n) is 0.930. The van der Waals surface area contributed by atoms with Crippen LogP contribution in [-0.2, 0) is 15.9 Å². The Labute approximate surface area is 86.5 Å². The molecule has 0 heterocycles. The Morgan fingerprint density at radius 2 is 2.07 bits per heavy atom. The Kier molecular flexibility index (Phi) is 2.96. The molecule has 0 saturated heterocycles. The first kappa shape index (κ1) is 7.85. The van der Waals surface area contributed by atoms with Crippen molar-refractivity contribution < 1.29 is 17.0 Å². The van der Waals surface area contributed by atoms with Crippen molar-refractivity contribution in [2.24, 2.45) is 0 Å². The monoisotopic (exact) mass is 196 g/mol. The van der Waals surface area contributed by atoms with E-state index in [2.05, 4.69) is 4.74 Å². The summed E-state index contributed by atoms with van der Waals surface area (Å²) in [7, 11) is 1.54. The number of ether oxygens (including phenoxy) is 2. The van der Waals surface area contributed by atoms with E-state index in [0.717, 1.165) is 0 Å². The highest BCUT2D eigenvalue weighted by Crippen LogP contribution is 2.11. The Balaban J connectivity index is 2.76. The zero-order chi connectivity index (χ0) is 12.2. The van der Waals surface area contributed by atoms with Crippen molar-refractivity contribution in [2.75, 3.05) is 13.7 Å². The maximum atomic E-state index is 10.6. The number of methoxy groups -OCH3 is 1. The number of carbonyl (C=O) groups is 1. The van der Waals surface area contributed by atoms with Crippen molar-refractivity contribution in [1.29, 1.82) is 0 Å². The van der Waals surface area contributed by atoms with Crippen molar-refractivity contribution >= 4 is 5.97 Å². The molecule has 0 aliphatic carbocycles. The number of benzene rings is 1. The van der Waals surface area contributed by atoms with Crippen molar-refractivity contribution in [2.45, 2.75) is 13.3 Å². The Morgan fingerprint density at radius 1 is 1.43 bits per heavy atom. The fourth-order valence-corrected chi connectivity index (χ4v) is 0.930. The van der Waals surface area contributed by atoms with Gasteiger partial charge in [-0.1, -0.05) is 12.1 Å². The lowest BCUT2D eigenvalue weighted by Gasteiger charge is -2.03. The predicted molar refractivity (Wildman–Crippen MR) is 53.3 cm³/mol. The van der Waals surface area contributed by atoms with Gasteiger partial charge in [-0.15, -0.1) is 0 Å². The molecule has 14 heavy (non-hydrogen) atoms. The van der Waals surface area contributed by atoms with Gasteiger partial charge in [0.2, 0.25) is 0 Å². The maximum Gasteiger partial charge on any atom is 0.302 e. The molecule has 0 N–H and O–H groups in total. The number of rotatable bonds is 4. The first-order valence-corrected chi connectivity index (χ1v) is 4.23. The van der Waals surface area contributed by atoms with Gasteiger partial charge >= 0.3 is 5.97 Å². The van der Waals surface area contributed by atoms with Gasteiger partial charge < -0.3 is 9.47 Å². The molecule has 0 amide bonds. The van der Waals surface area contributed by atoms with E-state index in [0.29, 0.717) is 11.3 Å². The van der Waals surface area contributed by atoms with Crippen LogP contribution in [0, 0.1) is 0 Å². The van der Waals surface area contributed by atoms with E-state index in [1.165, 1.54) is 6.92 Å². The summed E-state index contributed by atoms with van der Waals surface area (Å²) in [5.74, 6) is 0.171. The van der Waals surface area contributed by atoms with Crippen molar-refractivity contribution in [3.8, 4) is 5.75 Å². The van der Waals surface area contributed by atoms with Crippen molar-refractivity contribution in [3.05, 3.63) is 29.8 Å². The zero-order valence-corrected chi connectivity index (χ0v) is 8.24. The maximum absolute atomic E-state index is 10.6. The Morgan fingerprint density at radius 3 is 2.57 bits per heavy atom. The van der Waals surface area contributed by atoms with Crippen molar-refractivity contribution in [1.82, 2.24) is 0 Å². The normalized spacial score (nSPS) is 12.7. The van der Waals surface area contributed by atoms with Crippen LogP contribution >= 0.6 is 0 Å². The van der Waals surface area contributed by atoms with Crippen LogP contribution in [0.5, 0.6) is 5.75 Å². The molecule has 0 saturated carbocycles. The third kappa shape index (κ3) is 3.47. The second kappa shape index (κ2) is 5.27. The Hall–Kier alpha value is -1.51. The van der Waals surface area contributed by atoms with Crippen LogP contribution in [0.1, 0.15) is 15.2 Å². The molecule has 76 valence electrons. The van der Waals surface area contributed by atoms with E-state index in [9.17, 15) is 4.79 Å². The molecule has 3 nitrogen and oxygen atoms in total. The first-order valence-electron chi connectivity index (χ1n) is 5.23. The molecule has 1 aromatic rings. The third-order valence-corrected chi connectivity index (χ3v) is 1.64. The Bertz CT molecular complexity index is 360. The summed E-state index contributed by atoms with van der Waals surface area (Å²) < 4.78 is 25.1. The van der Waals surface area contributed by atoms with Crippen LogP contribution < -0.4 is 4.74 Å². The molecule has 3 heteroatoms. The molecular weight excluding hydrogens is 180 g/mol. The highest BCUT2D eigenvalue weighted by Gasteiger charge is 1.96. The third-order valence-electron chi connectivity index (χ3n) is 1.64. The van der Waals surface area contributed by atoms with Crippen LogP contribution in [0.15, 0.2) is 24.3 Å². The van der Waals surface area contributed by atoms with E-state index in [1.54, 1.807) is 31.4 Å². The van der Waals surface area contributed by atoms with Gasteiger partial charge in [-0.3, -0.25) is 4.79 Å². The molecule has 0 unspecified atom stereocenters. The molecule has 0 aromatic heterocycles. The summed E-state index contributed by atoms with van der Waals surface area (Å²) in [4.78, 5) is 10.6. The fraction of sp³-hybridized carbons (Fsp3) is 0.364. The summed E-state index contributed by atoms with van der Waals surface area (Å²) in [6.07, 6.45) is -1.68. The quantitative estimate of drug-likeness (QED) is 0.689. The summed E-state index contributed by atoms with van der Waals surface area (Å²) in [6, 6.07) is 6.56. The second-order valence-electron chi connectivity index (χ2n) is 2.69. The van der Waals surface area contributed by atoms with E-state index in [-0.39, 0.29) is 6.61 Å². The topological polar surface area (TPSA) is 35.5 Å². The van der Waals surface area contributed by atoms with Crippen LogP contribution in [-0.4, -0.2) is 19.7 Å². The largest absolute Gasteiger partial charge is 0.497 e. The van der Waals surface area contributed by atoms with Crippen LogP contribution in [0.2, 0.25) is 0 Å². The summed E-state index contributed by atoms with van der Waals surface area (Å²) in [5, 5.41) is 0. The molecule has 0 aliphatic rings. The lowest BCUT2D eigenvalue weighted by molar-refractivity contribution is -0.140. The van der Waals surface area contributed by atoms with Gasteiger partial charge in [-0.05, 0) is 17.7 Å². The van der Waals surface area contributed by atoms with Crippen molar-refractivity contribution in [3.63, 3.8) is 0 Å². The SMILES string of the molecule is [2H]C([2H])(COC(C)=O)c1ccc(OC)cc1. The average Bonchev–Trinajstić information content (AvgIpc) is 2.27. The zero-order valence-electron chi connectivity index (χ0n) is 10.2. The summed E-state index contributed by atoms with van der Waals surface area (Å²) in [6.45, 7) is 0.971. The molecular formula is C11H14O3. The van der Waals surface area contributed by atoms with E-state index >= 15 is 0 Å². The van der Waals surface area contributed by atoms with Gasteiger partial charge in [0.25, 0.3) is 0 Å². The molecule has 0 fully saturated rings. The van der Waals surface area contributed by atoms with Gasteiger partial charge in [-0.2, -0.15) is 0 Å². The highest BCUT2D eigenvalue weighted by atomic mass is 16.5. The standard InChI is InChI=1S/C11H14O3/c1-9(12)14-8-7-10-3-5-11(13-2)6-4-10/h3-6H,7-8H2,1-2H3/i7D2. The molecule has 0 radical (unpaired) electrons. The van der Waals surface area contributed by atoms with E-state index in [4.69, 9.17) is 7.48 Å². The van der Waals surface area contributed by atoms with Gasteiger partial charge in [0.15, 0.2) is 0 Å². The minimum absolute atomic E-state index is 0.283. The van der Waals surface area contributed by atoms with Gasteiger partial charge in [-0.25, -0.2) is 0 Å². The molecule has 0 atom stereocenters. The average molecular weight is 196 g/mol. The van der Waals surface area contributed by atoms with Gasteiger partial charge in [0.1, 0.15) is 5.75 Å². The van der Waals surface area contributed by atoms with Crippen LogP contribution in [0.3, 0.4) is 0 Å². The molecule has 0 bridgehead atoms. The van der Waals surface area contributed by atoms with Crippen LogP contribution in [0.4, 0.5) is 0 Å². The number of esters is 1. The second-order valence-corrected chi connectivity index (χ2v) is 2.69. The first-order chi connectivity index (χ1) is 7.45. The van der Waals surface area contributed by atoms with E-state index < -0.39 is 12.3 Å². The highest BCUT2D eigenvalue weighted by molar-refractivity contribution is 5.65. The minimum atomic E-state index is -1.68. The van der Waals surface area contributed by atoms with Gasteiger partial charge in [0.05, 0.1) is 13.7 Å². The summed E-state index contributed by atoms with van der Waals surface area (Å²) in [5.41, 5.74) is 0.453. The van der Waals surface area contributed by atoms with Crippen LogP contribution in [0.25, 0.3) is 0 Å². The smallest absolute Gasteiger partial charge is 0.302 e. The molecule has 0 spiro atoms. The van der Waals surface area contributed by atoms with Gasteiger partial charge in [0, 0.05) is 16.0 Å². The minimum Gasteiger partial charge on any atom is -0.497 e. The number of hydrogen-bond donors (Lipinski definition) is 0. The molecule has 1 rings (SSSR count). The lowest BCUT2D eigenvalue weighted by atomic mass is 10.1. The number of hydrogen-bond acceptors (Lipinski definition) is 3. The lowest BCUT2D eigenvalue weighted by Crippen LogP contribution is -2.03. The molecule has 0 aliphatic heterocycles. The molecule has 1 aromatic carbocycles. The number of carbonyl (C=O) groups excluding carboxylic acids is 1. The van der Waals surface area contributed by atoms with E-state index in [1.807, 2.05) is 0 Å². The summed E-state index contributed by atoms with van der Waals surface area (Å²) >= 11 is 0.